The van der Waals surface area contributed by atoms with E-state index in [-0.39, 0.29) is 36.1 Å². The van der Waals surface area contributed by atoms with Crippen molar-refractivity contribution in [1.82, 2.24) is 29.5 Å². The van der Waals surface area contributed by atoms with Crippen LogP contribution in [-0.4, -0.2) is 49.2 Å². The first-order chi connectivity index (χ1) is 17.5. The standard InChI is InChI=1S/C25H20F2N6O3/c1-3-36-24(34)17-11-28-33(13-17)25-30-21-12-29-32(22(21)23(31-25)35-2)14-18-19(26)9-16(10-20(18)27)15-7-5-4-6-8-15/h4-13H,3,14H2,1-2H3. The van der Waals surface area contributed by atoms with Crippen molar-refractivity contribution in [2.24, 2.45) is 0 Å². The summed E-state index contributed by atoms with van der Waals surface area (Å²) in [4.78, 5) is 20.7. The number of carbonyl (C=O) groups excluding carboxylic acids is 1. The van der Waals surface area contributed by atoms with Gasteiger partial charge in [0.05, 0.1) is 38.2 Å². The van der Waals surface area contributed by atoms with Crippen molar-refractivity contribution in [2.75, 3.05) is 13.7 Å². The summed E-state index contributed by atoms with van der Waals surface area (Å²) in [6.45, 7) is 1.73. The molecule has 0 unspecified atom stereocenters. The van der Waals surface area contributed by atoms with Crippen LogP contribution in [0.5, 0.6) is 5.88 Å². The molecule has 3 aromatic heterocycles. The molecule has 0 saturated carbocycles. The molecule has 0 fully saturated rings. The lowest BCUT2D eigenvalue weighted by molar-refractivity contribution is 0.0526. The Morgan fingerprint density at radius 3 is 2.44 bits per heavy atom. The third-order valence-electron chi connectivity index (χ3n) is 5.49. The second-order valence-electron chi connectivity index (χ2n) is 7.75. The van der Waals surface area contributed by atoms with Crippen LogP contribution < -0.4 is 4.74 Å². The Balaban J connectivity index is 1.49. The molecule has 5 rings (SSSR count). The Labute approximate surface area is 203 Å². The Hall–Kier alpha value is -4.67. The Bertz CT molecular complexity index is 1540. The van der Waals surface area contributed by atoms with Gasteiger partial charge in [0.15, 0.2) is 0 Å². The summed E-state index contributed by atoms with van der Waals surface area (Å²) in [5.74, 6) is -1.66. The maximum Gasteiger partial charge on any atom is 0.341 e. The molecule has 0 N–H and O–H groups in total. The summed E-state index contributed by atoms with van der Waals surface area (Å²) in [6, 6.07) is 11.6. The first-order valence-electron chi connectivity index (χ1n) is 11.0. The van der Waals surface area contributed by atoms with Crippen molar-refractivity contribution in [3.8, 4) is 23.0 Å². The van der Waals surface area contributed by atoms with Gasteiger partial charge >= 0.3 is 5.97 Å². The van der Waals surface area contributed by atoms with E-state index in [4.69, 9.17) is 9.47 Å². The normalized spacial score (nSPS) is 11.1. The lowest BCUT2D eigenvalue weighted by Crippen LogP contribution is -2.09. The predicted molar refractivity (Wildman–Crippen MR) is 126 cm³/mol. The van der Waals surface area contributed by atoms with Gasteiger partial charge in [-0.2, -0.15) is 15.2 Å². The van der Waals surface area contributed by atoms with Crippen LogP contribution in [0.3, 0.4) is 0 Å². The zero-order valence-corrected chi connectivity index (χ0v) is 19.4. The molecule has 9 nitrogen and oxygen atoms in total. The summed E-state index contributed by atoms with van der Waals surface area (Å²) in [7, 11) is 1.41. The highest BCUT2D eigenvalue weighted by atomic mass is 19.1. The van der Waals surface area contributed by atoms with Crippen LogP contribution in [0.15, 0.2) is 61.1 Å². The quantitative estimate of drug-likeness (QED) is 0.316. The Morgan fingerprint density at radius 2 is 1.75 bits per heavy atom. The van der Waals surface area contributed by atoms with Gasteiger partial charge in [0, 0.05) is 11.8 Å². The molecule has 0 radical (unpaired) electrons. The summed E-state index contributed by atoms with van der Waals surface area (Å²) >= 11 is 0. The van der Waals surface area contributed by atoms with Crippen molar-refractivity contribution in [3.63, 3.8) is 0 Å². The SMILES string of the molecule is CCOC(=O)c1cnn(-c2nc(OC)c3c(cnn3Cc3c(F)cc(-c4ccccc4)cc3F)n2)c1. The van der Waals surface area contributed by atoms with E-state index < -0.39 is 17.6 Å². The number of esters is 1. The fourth-order valence-corrected chi connectivity index (χ4v) is 3.77. The van der Waals surface area contributed by atoms with Crippen molar-refractivity contribution in [2.45, 2.75) is 13.5 Å². The minimum absolute atomic E-state index is 0.124. The molecule has 182 valence electrons. The molecule has 11 heteroatoms. The number of halogens is 2. The van der Waals surface area contributed by atoms with Gasteiger partial charge < -0.3 is 9.47 Å². The van der Waals surface area contributed by atoms with E-state index in [2.05, 4.69) is 20.2 Å². The lowest BCUT2D eigenvalue weighted by Gasteiger charge is -2.11. The fourth-order valence-electron chi connectivity index (χ4n) is 3.77. The number of benzene rings is 2. The van der Waals surface area contributed by atoms with Crippen molar-refractivity contribution in [1.29, 1.82) is 0 Å². The number of carbonyl (C=O) groups is 1. The number of fused-ring (bicyclic) bond motifs is 1. The third kappa shape index (κ3) is 4.26. The maximum absolute atomic E-state index is 15.0. The van der Waals surface area contributed by atoms with Gasteiger partial charge in [0.2, 0.25) is 5.88 Å². The number of hydrogen-bond donors (Lipinski definition) is 0. The van der Waals surface area contributed by atoms with Gasteiger partial charge in [0.25, 0.3) is 5.95 Å². The smallest absolute Gasteiger partial charge is 0.341 e. The minimum Gasteiger partial charge on any atom is -0.479 e. The molecular formula is C25H20F2N6O3. The van der Waals surface area contributed by atoms with Crippen LogP contribution >= 0.6 is 0 Å². The van der Waals surface area contributed by atoms with Crippen molar-refractivity contribution in [3.05, 3.63) is 83.8 Å². The van der Waals surface area contributed by atoms with E-state index >= 15 is 0 Å². The largest absolute Gasteiger partial charge is 0.479 e. The molecule has 2 aromatic carbocycles. The maximum atomic E-state index is 15.0. The van der Waals surface area contributed by atoms with Crippen LogP contribution in [0.25, 0.3) is 28.1 Å². The molecule has 0 spiro atoms. The average Bonchev–Trinajstić information content (AvgIpc) is 3.54. The highest BCUT2D eigenvalue weighted by Gasteiger charge is 2.20. The highest BCUT2D eigenvalue weighted by Crippen LogP contribution is 2.28. The summed E-state index contributed by atoms with van der Waals surface area (Å²) in [5.41, 5.74) is 1.94. The summed E-state index contributed by atoms with van der Waals surface area (Å²) in [6.07, 6.45) is 4.21. The van der Waals surface area contributed by atoms with Crippen LogP contribution in [0.4, 0.5) is 8.78 Å². The van der Waals surface area contributed by atoms with Gasteiger partial charge in [-0.1, -0.05) is 30.3 Å². The lowest BCUT2D eigenvalue weighted by atomic mass is 10.0. The van der Waals surface area contributed by atoms with E-state index in [0.29, 0.717) is 22.2 Å². The van der Waals surface area contributed by atoms with Crippen LogP contribution in [0, 0.1) is 11.6 Å². The molecule has 3 heterocycles. The van der Waals surface area contributed by atoms with Crippen molar-refractivity contribution < 1.29 is 23.0 Å². The summed E-state index contributed by atoms with van der Waals surface area (Å²) in [5, 5.41) is 8.36. The number of ether oxygens (including phenoxy) is 2. The predicted octanol–water partition coefficient (Wildman–Crippen LogP) is 4.19. The minimum atomic E-state index is -0.697. The number of rotatable bonds is 7. The first-order valence-corrected chi connectivity index (χ1v) is 11.0. The second-order valence-corrected chi connectivity index (χ2v) is 7.75. The second kappa shape index (κ2) is 9.53. The van der Waals surface area contributed by atoms with Gasteiger partial charge in [-0.15, -0.1) is 0 Å². The van der Waals surface area contributed by atoms with Gasteiger partial charge in [-0.3, -0.25) is 4.68 Å². The van der Waals surface area contributed by atoms with E-state index in [1.54, 1.807) is 31.2 Å². The monoisotopic (exact) mass is 490 g/mol. The number of methoxy groups -OCH3 is 1. The van der Waals surface area contributed by atoms with E-state index in [1.807, 2.05) is 6.07 Å². The molecule has 0 aliphatic heterocycles. The van der Waals surface area contributed by atoms with E-state index in [1.165, 1.54) is 47.2 Å². The third-order valence-corrected chi connectivity index (χ3v) is 5.49. The molecule has 0 aliphatic carbocycles. The Kier molecular flexibility index (Phi) is 6.11. The summed E-state index contributed by atoms with van der Waals surface area (Å²) < 4.78 is 43.0. The zero-order chi connectivity index (χ0) is 25.2. The van der Waals surface area contributed by atoms with Crippen molar-refractivity contribution >= 4 is 17.0 Å². The zero-order valence-electron chi connectivity index (χ0n) is 19.4. The van der Waals surface area contributed by atoms with Crippen LogP contribution in [-0.2, 0) is 11.3 Å². The molecule has 5 aromatic rings. The molecule has 0 atom stereocenters. The van der Waals surface area contributed by atoms with Gasteiger partial charge in [-0.25, -0.2) is 23.2 Å². The first kappa shape index (κ1) is 23.1. The van der Waals surface area contributed by atoms with E-state index in [0.717, 1.165) is 0 Å². The molecule has 0 amide bonds. The van der Waals surface area contributed by atoms with Crippen LogP contribution in [0.1, 0.15) is 22.8 Å². The molecule has 0 aliphatic rings. The fraction of sp³-hybridized carbons (Fsp3) is 0.160. The number of hydrogen-bond acceptors (Lipinski definition) is 7. The van der Waals surface area contributed by atoms with Crippen LogP contribution in [0.2, 0.25) is 0 Å². The highest BCUT2D eigenvalue weighted by molar-refractivity contribution is 5.88. The molecule has 0 saturated heterocycles. The number of nitrogens with zero attached hydrogens (tertiary/aromatic N) is 6. The van der Waals surface area contributed by atoms with Gasteiger partial charge in [0.1, 0.15) is 22.7 Å². The molecular weight excluding hydrogens is 470 g/mol. The van der Waals surface area contributed by atoms with E-state index in [9.17, 15) is 13.6 Å². The molecule has 0 bridgehead atoms. The topological polar surface area (TPSA) is 97.0 Å². The molecule has 36 heavy (non-hydrogen) atoms. The average molecular weight is 490 g/mol. The Morgan fingerprint density at radius 1 is 1.00 bits per heavy atom. The number of aromatic nitrogens is 6. The van der Waals surface area contributed by atoms with Gasteiger partial charge in [-0.05, 0) is 30.2 Å².